The smallest absolute Gasteiger partial charge is 0.339 e. The lowest BCUT2D eigenvalue weighted by atomic mass is 10.0. The van der Waals surface area contributed by atoms with Gasteiger partial charge in [0, 0.05) is 21.7 Å². The van der Waals surface area contributed by atoms with Gasteiger partial charge in [0.1, 0.15) is 5.82 Å². The van der Waals surface area contributed by atoms with Crippen molar-refractivity contribution < 1.29 is 18.7 Å². The molecule has 1 heterocycles. The Morgan fingerprint density at radius 3 is 2.42 bits per heavy atom. The zero-order valence-electron chi connectivity index (χ0n) is 16.1. The first-order chi connectivity index (χ1) is 15.0. The predicted molar refractivity (Wildman–Crippen MR) is 118 cm³/mol. The Morgan fingerprint density at radius 2 is 1.68 bits per heavy atom. The molecule has 31 heavy (non-hydrogen) atoms. The van der Waals surface area contributed by atoms with Gasteiger partial charge in [0.2, 0.25) is 0 Å². The molecule has 1 amide bonds. The summed E-state index contributed by atoms with van der Waals surface area (Å²) in [5, 5.41) is 3.76. The van der Waals surface area contributed by atoms with Crippen LogP contribution in [0.3, 0.4) is 0 Å². The summed E-state index contributed by atoms with van der Waals surface area (Å²) in [6.07, 6.45) is 0. The van der Waals surface area contributed by atoms with Gasteiger partial charge >= 0.3 is 5.97 Å². The van der Waals surface area contributed by atoms with Crippen molar-refractivity contribution in [2.24, 2.45) is 0 Å². The van der Waals surface area contributed by atoms with Crippen molar-refractivity contribution in [1.82, 2.24) is 4.98 Å². The van der Waals surface area contributed by atoms with Gasteiger partial charge in [-0.1, -0.05) is 41.9 Å². The summed E-state index contributed by atoms with van der Waals surface area (Å²) in [6, 6.07) is 21.2. The minimum Gasteiger partial charge on any atom is -0.452 e. The molecule has 4 aromatic rings. The lowest BCUT2D eigenvalue weighted by Crippen LogP contribution is -2.21. The van der Waals surface area contributed by atoms with E-state index in [9.17, 15) is 14.0 Å². The Bertz CT molecular complexity index is 1260. The fraction of sp³-hybridized carbons (Fsp3) is 0.0417. The highest BCUT2D eigenvalue weighted by Gasteiger charge is 2.16. The lowest BCUT2D eigenvalue weighted by Gasteiger charge is -2.10. The summed E-state index contributed by atoms with van der Waals surface area (Å²) in [5.41, 5.74) is 2.70. The molecule has 0 aliphatic carbocycles. The molecular formula is C24H16ClFN2O3. The fourth-order valence-electron chi connectivity index (χ4n) is 3.05. The van der Waals surface area contributed by atoms with Gasteiger partial charge in [0.15, 0.2) is 6.61 Å². The van der Waals surface area contributed by atoms with Crippen LogP contribution in [0, 0.1) is 5.82 Å². The molecule has 0 aliphatic rings. The quantitative estimate of drug-likeness (QED) is 0.422. The first-order valence-electron chi connectivity index (χ1n) is 9.38. The van der Waals surface area contributed by atoms with Crippen LogP contribution < -0.4 is 5.32 Å². The number of nitrogens with zero attached hydrogens (tertiary/aromatic N) is 1. The van der Waals surface area contributed by atoms with E-state index in [1.165, 1.54) is 24.3 Å². The molecule has 0 fully saturated rings. The number of carbonyl (C=O) groups is 2. The standard InChI is InChI=1S/C24H16ClFN2O3/c25-16-7-5-15(6-8-16)22-13-20(19-3-1-2-4-21(19)28-22)24(30)31-14-23(29)27-18-11-9-17(26)10-12-18/h1-13H,14H2,(H,27,29). The van der Waals surface area contributed by atoms with Crippen LogP contribution in [0.25, 0.3) is 22.2 Å². The molecule has 5 nitrogen and oxygen atoms in total. The molecule has 154 valence electrons. The Labute approximate surface area is 182 Å². The van der Waals surface area contributed by atoms with Gasteiger partial charge in [-0.15, -0.1) is 0 Å². The normalized spacial score (nSPS) is 10.6. The number of pyridine rings is 1. The molecule has 0 spiro atoms. The topological polar surface area (TPSA) is 68.3 Å². The molecule has 1 aromatic heterocycles. The van der Waals surface area contributed by atoms with Crippen molar-refractivity contribution in [2.75, 3.05) is 11.9 Å². The zero-order chi connectivity index (χ0) is 21.8. The van der Waals surface area contributed by atoms with E-state index < -0.39 is 24.3 Å². The fourth-order valence-corrected chi connectivity index (χ4v) is 3.18. The van der Waals surface area contributed by atoms with E-state index >= 15 is 0 Å². The van der Waals surface area contributed by atoms with E-state index in [0.717, 1.165) is 5.56 Å². The third-order valence-corrected chi connectivity index (χ3v) is 4.79. The van der Waals surface area contributed by atoms with Gasteiger partial charge in [0.05, 0.1) is 16.8 Å². The number of amides is 1. The van der Waals surface area contributed by atoms with Crippen LogP contribution in [0.2, 0.25) is 5.02 Å². The van der Waals surface area contributed by atoms with Crippen LogP contribution in [-0.4, -0.2) is 23.5 Å². The summed E-state index contributed by atoms with van der Waals surface area (Å²) in [4.78, 5) is 29.5. The summed E-state index contributed by atoms with van der Waals surface area (Å²) >= 11 is 5.96. The second-order valence-electron chi connectivity index (χ2n) is 6.71. The highest BCUT2D eigenvalue weighted by atomic mass is 35.5. The number of hydrogen-bond acceptors (Lipinski definition) is 4. The number of aromatic nitrogens is 1. The third-order valence-electron chi connectivity index (χ3n) is 4.54. The van der Waals surface area contributed by atoms with Crippen molar-refractivity contribution in [2.45, 2.75) is 0 Å². The molecule has 4 rings (SSSR count). The number of ether oxygens (including phenoxy) is 1. The van der Waals surface area contributed by atoms with E-state index in [1.807, 2.05) is 18.2 Å². The number of halogens is 2. The highest BCUT2D eigenvalue weighted by molar-refractivity contribution is 6.30. The van der Waals surface area contributed by atoms with Crippen LogP contribution >= 0.6 is 11.6 Å². The number of esters is 1. The summed E-state index contributed by atoms with van der Waals surface area (Å²) in [5.74, 6) is -1.59. The van der Waals surface area contributed by atoms with Crippen molar-refractivity contribution >= 4 is 40.1 Å². The van der Waals surface area contributed by atoms with Gasteiger partial charge < -0.3 is 10.1 Å². The SMILES string of the molecule is O=C(COC(=O)c1cc(-c2ccc(Cl)cc2)nc2ccccc12)Nc1ccc(F)cc1. The van der Waals surface area contributed by atoms with Crippen LogP contribution in [0.15, 0.2) is 78.9 Å². The lowest BCUT2D eigenvalue weighted by molar-refractivity contribution is -0.119. The molecule has 3 aromatic carbocycles. The molecule has 0 radical (unpaired) electrons. The largest absolute Gasteiger partial charge is 0.452 e. The van der Waals surface area contributed by atoms with Gasteiger partial charge in [-0.3, -0.25) is 4.79 Å². The van der Waals surface area contributed by atoms with Crippen molar-refractivity contribution in [3.05, 3.63) is 95.3 Å². The Morgan fingerprint density at radius 1 is 0.968 bits per heavy atom. The average Bonchev–Trinajstić information content (AvgIpc) is 2.79. The molecule has 0 bridgehead atoms. The summed E-state index contributed by atoms with van der Waals surface area (Å²) < 4.78 is 18.2. The van der Waals surface area contributed by atoms with Crippen molar-refractivity contribution in [3.8, 4) is 11.3 Å². The van der Waals surface area contributed by atoms with Crippen LogP contribution in [0.5, 0.6) is 0 Å². The summed E-state index contributed by atoms with van der Waals surface area (Å²) in [7, 11) is 0. The first-order valence-corrected chi connectivity index (χ1v) is 9.76. The van der Waals surface area contributed by atoms with Crippen molar-refractivity contribution in [3.63, 3.8) is 0 Å². The number of anilines is 1. The maximum absolute atomic E-state index is 13.0. The number of rotatable bonds is 5. The Balaban J connectivity index is 1.55. The minimum atomic E-state index is -0.650. The number of carbonyl (C=O) groups excluding carboxylic acids is 2. The van der Waals surface area contributed by atoms with Crippen molar-refractivity contribution in [1.29, 1.82) is 0 Å². The van der Waals surface area contributed by atoms with Crippen LogP contribution in [-0.2, 0) is 9.53 Å². The highest BCUT2D eigenvalue weighted by Crippen LogP contribution is 2.26. The number of hydrogen-bond donors (Lipinski definition) is 1. The van der Waals surface area contributed by atoms with E-state index in [0.29, 0.717) is 32.9 Å². The molecule has 0 saturated carbocycles. The minimum absolute atomic E-state index is 0.296. The van der Waals surface area contributed by atoms with E-state index in [-0.39, 0.29) is 0 Å². The van der Waals surface area contributed by atoms with E-state index in [4.69, 9.17) is 16.3 Å². The average molecular weight is 435 g/mol. The second kappa shape index (κ2) is 8.93. The molecule has 0 atom stereocenters. The molecule has 0 unspecified atom stereocenters. The number of benzene rings is 3. The maximum atomic E-state index is 13.0. The van der Waals surface area contributed by atoms with Crippen LogP contribution in [0.4, 0.5) is 10.1 Å². The van der Waals surface area contributed by atoms with E-state index in [1.54, 1.807) is 36.4 Å². The molecular weight excluding hydrogens is 419 g/mol. The Hall–Kier alpha value is -3.77. The molecule has 1 N–H and O–H groups in total. The van der Waals surface area contributed by atoms with Crippen LogP contribution in [0.1, 0.15) is 10.4 Å². The molecule has 7 heteroatoms. The van der Waals surface area contributed by atoms with Gasteiger partial charge in [-0.25, -0.2) is 14.2 Å². The Kier molecular flexibility index (Phi) is 5.91. The number of fused-ring (bicyclic) bond motifs is 1. The first kappa shape index (κ1) is 20.5. The van der Waals surface area contributed by atoms with E-state index in [2.05, 4.69) is 10.3 Å². The molecule has 0 aliphatic heterocycles. The maximum Gasteiger partial charge on any atom is 0.339 e. The number of nitrogens with one attached hydrogen (secondary N) is 1. The molecule has 0 saturated heterocycles. The zero-order valence-corrected chi connectivity index (χ0v) is 16.9. The monoisotopic (exact) mass is 434 g/mol. The third kappa shape index (κ3) is 4.87. The summed E-state index contributed by atoms with van der Waals surface area (Å²) in [6.45, 7) is -0.483. The van der Waals surface area contributed by atoms with Gasteiger partial charge in [-0.2, -0.15) is 0 Å². The van der Waals surface area contributed by atoms with Gasteiger partial charge in [0.25, 0.3) is 5.91 Å². The second-order valence-corrected chi connectivity index (χ2v) is 7.15. The number of para-hydroxylation sites is 1. The predicted octanol–water partition coefficient (Wildman–Crippen LogP) is 5.49. The van der Waals surface area contributed by atoms with Gasteiger partial charge in [-0.05, 0) is 48.5 Å².